The van der Waals surface area contributed by atoms with Gasteiger partial charge >= 0.3 is 6.03 Å². The van der Waals surface area contributed by atoms with Crippen molar-refractivity contribution in [3.05, 3.63) is 0 Å². The zero-order valence-corrected chi connectivity index (χ0v) is 9.93. The fourth-order valence-corrected chi connectivity index (χ4v) is 2.11. The molecule has 0 aromatic carbocycles. The zero-order valence-electron chi connectivity index (χ0n) is 9.93. The molecule has 0 radical (unpaired) electrons. The molecule has 94 valence electrons. The predicted molar refractivity (Wildman–Crippen MR) is 61.1 cm³/mol. The van der Waals surface area contributed by atoms with Gasteiger partial charge in [0.05, 0.1) is 13.2 Å². The van der Waals surface area contributed by atoms with Crippen LogP contribution in [0.15, 0.2) is 0 Å². The standard InChI is InChI=1S/C11H22N2O3/c1-10-3-2-4-13(9-10)11(16)12(5-7-14)6-8-15/h10,14-15H,2-9H2,1H3. The highest BCUT2D eigenvalue weighted by atomic mass is 16.3. The van der Waals surface area contributed by atoms with Gasteiger partial charge in [0.25, 0.3) is 0 Å². The van der Waals surface area contributed by atoms with E-state index in [1.54, 1.807) is 0 Å². The molecule has 1 heterocycles. The van der Waals surface area contributed by atoms with Crippen LogP contribution in [-0.2, 0) is 0 Å². The molecule has 0 aromatic rings. The van der Waals surface area contributed by atoms with Gasteiger partial charge in [-0.25, -0.2) is 4.79 Å². The van der Waals surface area contributed by atoms with Crippen LogP contribution in [0.25, 0.3) is 0 Å². The lowest BCUT2D eigenvalue weighted by Crippen LogP contribution is -2.48. The molecule has 1 fully saturated rings. The van der Waals surface area contributed by atoms with Crippen molar-refractivity contribution in [1.29, 1.82) is 0 Å². The molecule has 0 spiro atoms. The lowest BCUT2D eigenvalue weighted by Gasteiger charge is -2.35. The number of aliphatic hydroxyl groups is 2. The molecule has 2 N–H and O–H groups in total. The number of rotatable bonds is 4. The van der Waals surface area contributed by atoms with E-state index in [1.807, 2.05) is 4.90 Å². The summed E-state index contributed by atoms with van der Waals surface area (Å²) in [5, 5.41) is 17.7. The van der Waals surface area contributed by atoms with Gasteiger partial charge in [0.1, 0.15) is 0 Å². The summed E-state index contributed by atoms with van der Waals surface area (Å²) in [6, 6.07) is -0.0605. The van der Waals surface area contributed by atoms with Crippen molar-refractivity contribution < 1.29 is 15.0 Å². The lowest BCUT2D eigenvalue weighted by atomic mass is 10.0. The molecular formula is C11H22N2O3. The molecule has 5 nitrogen and oxygen atoms in total. The van der Waals surface area contributed by atoms with E-state index in [9.17, 15) is 4.79 Å². The minimum Gasteiger partial charge on any atom is -0.395 e. The number of amides is 2. The lowest BCUT2D eigenvalue weighted by molar-refractivity contribution is 0.112. The molecule has 0 aromatic heterocycles. The van der Waals surface area contributed by atoms with E-state index in [0.29, 0.717) is 19.0 Å². The minimum absolute atomic E-state index is 0.0604. The molecule has 1 saturated heterocycles. The Kier molecular flexibility index (Phi) is 5.55. The van der Waals surface area contributed by atoms with Crippen LogP contribution in [0.2, 0.25) is 0 Å². The summed E-state index contributed by atoms with van der Waals surface area (Å²) in [5.41, 5.74) is 0. The highest BCUT2D eigenvalue weighted by Gasteiger charge is 2.24. The van der Waals surface area contributed by atoms with Crippen molar-refractivity contribution in [3.8, 4) is 0 Å². The van der Waals surface area contributed by atoms with Crippen molar-refractivity contribution in [1.82, 2.24) is 9.80 Å². The first kappa shape index (κ1) is 13.3. The third kappa shape index (κ3) is 3.64. The van der Waals surface area contributed by atoms with Gasteiger partial charge < -0.3 is 20.0 Å². The average molecular weight is 230 g/mol. The predicted octanol–water partition coefficient (Wildman–Crippen LogP) is 0.125. The van der Waals surface area contributed by atoms with Crippen molar-refractivity contribution in [2.75, 3.05) is 39.4 Å². The molecule has 1 atom stereocenters. The summed E-state index contributed by atoms with van der Waals surface area (Å²) in [5.74, 6) is 0.544. The topological polar surface area (TPSA) is 64.0 Å². The molecule has 0 saturated carbocycles. The number of likely N-dealkylation sites (tertiary alicyclic amines) is 1. The molecule has 0 bridgehead atoms. The first-order chi connectivity index (χ1) is 7.69. The molecule has 5 heteroatoms. The maximum Gasteiger partial charge on any atom is 0.320 e. The Hall–Kier alpha value is -0.810. The minimum atomic E-state index is -0.0605. The molecule has 1 unspecified atom stereocenters. The van der Waals surface area contributed by atoms with E-state index < -0.39 is 0 Å². The van der Waals surface area contributed by atoms with Crippen molar-refractivity contribution in [2.45, 2.75) is 19.8 Å². The van der Waals surface area contributed by atoms with Gasteiger partial charge in [-0.1, -0.05) is 6.92 Å². The van der Waals surface area contributed by atoms with E-state index in [2.05, 4.69) is 6.92 Å². The van der Waals surface area contributed by atoms with E-state index in [-0.39, 0.29) is 19.2 Å². The molecular weight excluding hydrogens is 208 g/mol. The second kappa shape index (κ2) is 6.70. The summed E-state index contributed by atoms with van der Waals surface area (Å²) in [6.45, 7) is 4.18. The van der Waals surface area contributed by atoms with Crippen LogP contribution in [0.5, 0.6) is 0 Å². The number of carbonyl (C=O) groups is 1. The second-order valence-electron chi connectivity index (χ2n) is 4.41. The number of hydrogen-bond acceptors (Lipinski definition) is 3. The molecule has 0 aliphatic carbocycles. The van der Waals surface area contributed by atoms with Crippen molar-refractivity contribution in [2.24, 2.45) is 5.92 Å². The maximum absolute atomic E-state index is 12.1. The second-order valence-corrected chi connectivity index (χ2v) is 4.41. The Morgan fingerprint density at radius 3 is 2.50 bits per heavy atom. The number of carbonyl (C=O) groups excluding carboxylic acids is 1. The summed E-state index contributed by atoms with van der Waals surface area (Å²) in [4.78, 5) is 15.4. The zero-order chi connectivity index (χ0) is 12.0. The largest absolute Gasteiger partial charge is 0.395 e. The fourth-order valence-electron chi connectivity index (χ4n) is 2.11. The van der Waals surface area contributed by atoms with Crippen LogP contribution >= 0.6 is 0 Å². The van der Waals surface area contributed by atoms with Crippen LogP contribution in [0, 0.1) is 5.92 Å². The number of nitrogens with zero attached hydrogens (tertiary/aromatic N) is 2. The highest BCUT2D eigenvalue weighted by Crippen LogP contribution is 2.16. The number of aliphatic hydroxyl groups excluding tert-OH is 2. The van der Waals surface area contributed by atoms with E-state index in [1.165, 1.54) is 11.3 Å². The Morgan fingerprint density at radius 1 is 1.38 bits per heavy atom. The van der Waals surface area contributed by atoms with Gasteiger partial charge in [-0.05, 0) is 18.8 Å². The third-order valence-corrected chi connectivity index (χ3v) is 2.94. The monoisotopic (exact) mass is 230 g/mol. The molecule has 16 heavy (non-hydrogen) atoms. The van der Waals surface area contributed by atoms with Crippen LogP contribution in [0.3, 0.4) is 0 Å². The SMILES string of the molecule is CC1CCCN(C(=O)N(CCO)CCO)C1. The smallest absolute Gasteiger partial charge is 0.320 e. The van der Waals surface area contributed by atoms with E-state index in [4.69, 9.17) is 10.2 Å². The van der Waals surface area contributed by atoms with Gasteiger partial charge in [-0.15, -0.1) is 0 Å². The number of urea groups is 1. The maximum atomic E-state index is 12.1. The van der Waals surface area contributed by atoms with Gasteiger partial charge in [-0.2, -0.15) is 0 Å². The average Bonchev–Trinajstić information content (AvgIpc) is 2.28. The molecule has 1 aliphatic heterocycles. The molecule has 1 rings (SSSR count). The normalized spacial score (nSPS) is 20.9. The summed E-state index contributed by atoms with van der Waals surface area (Å²) >= 11 is 0. The number of hydrogen-bond donors (Lipinski definition) is 2. The van der Waals surface area contributed by atoms with Gasteiger partial charge in [0.2, 0.25) is 0 Å². The molecule has 2 amide bonds. The first-order valence-electron chi connectivity index (χ1n) is 5.94. The Balaban J connectivity index is 2.51. The summed E-state index contributed by atoms with van der Waals surface area (Å²) in [6.07, 6.45) is 2.21. The van der Waals surface area contributed by atoms with Gasteiger partial charge in [0, 0.05) is 26.2 Å². The Morgan fingerprint density at radius 2 is 2.00 bits per heavy atom. The van der Waals surface area contributed by atoms with Gasteiger partial charge in [0.15, 0.2) is 0 Å². The highest BCUT2D eigenvalue weighted by molar-refractivity contribution is 5.74. The van der Waals surface area contributed by atoms with Crippen LogP contribution in [0.1, 0.15) is 19.8 Å². The van der Waals surface area contributed by atoms with Crippen molar-refractivity contribution in [3.63, 3.8) is 0 Å². The van der Waals surface area contributed by atoms with Gasteiger partial charge in [-0.3, -0.25) is 0 Å². The fraction of sp³-hybridized carbons (Fsp3) is 0.909. The number of piperidine rings is 1. The summed E-state index contributed by atoms with van der Waals surface area (Å²) in [7, 11) is 0. The Bertz CT molecular complexity index is 211. The van der Waals surface area contributed by atoms with Crippen molar-refractivity contribution >= 4 is 6.03 Å². The summed E-state index contributed by atoms with van der Waals surface area (Å²) < 4.78 is 0. The van der Waals surface area contributed by atoms with Crippen LogP contribution in [0.4, 0.5) is 4.79 Å². The molecule has 1 aliphatic rings. The quantitative estimate of drug-likeness (QED) is 0.721. The van der Waals surface area contributed by atoms with E-state index >= 15 is 0 Å². The third-order valence-electron chi connectivity index (χ3n) is 2.94. The van der Waals surface area contributed by atoms with Crippen LogP contribution in [-0.4, -0.2) is 65.4 Å². The Labute approximate surface area is 96.7 Å². The van der Waals surface area contributed by atoms with E-state index in [0.717, 1.165) is 19.5 Å². The first-order valence-corrected chi connectivity index (χ1v) is 5.94. The van der Waals surface area contributed by atoms with Crippen LogP contribution < -0.4 is 0 Å².